The maximum absolute atomic E-state index is 14.2. The fraction of sp³-hybridized carbons (Fsp3) is 0.211. The molecular formula is C19H18BrFN6O4. The average Bonchev–Trinajstić information content (AvgIpc) is 2.73. The van der Waals surface area contributed by atoms with Crippen LogP contribution in [0.4, 0.5) is 21.6 Å². The Hall–Kier alpha value is -3.38. The summed E-state index contributed by atoms with van der Waals surface area (Å²) in [5, 5.41) is 20.1. The fourth-order valence-corrected chi connectivity index (χ4v) is 3.06. The van der Waals surface area contributed by atoms with Gasteiger partial charge in [0.05, 0.1) is 34.6 Å². The van der Waals surface area contributed by atoms with E-state index < -0.39 is 10.7 Å². The molecule has 10 nitrogen and oxygen atoms in total. The quantitative estimate of drug-likeness (QED) is 0.236. The standard InChI is InChI=1S/C19H18BrFN6O4/c1-22-9-18(28)23-4-5-31-17-8-15-12(7-16(17)27(29)30)19(25-10-24-15)26-14-3-2-11(20)6-13(14)21/h2-3,6-8,10,22H,4-5,9H2,1H3,(H,23,28)(H,24,25,26). The van der Waals surface area contributed by atoms with Gasteiger partial charge in [0, 0.05) is 16.6 Å². The number of nitrogens with zero attached hydrogens (tertiary/aromatic N) is 3. The van der Waals surface area contributed by atoms with Crippen LogP contribution in [-0.2, 0) is 4.79 Å². The number of ether oxygens (including phenoxy) is 1. The number of benzene rings is 2. The molecule has 0 unspecified atom stereocenters. The number of nitro benzene ring substituents is 1. The number of anilines is 2. The Bertz CT molecular complexity index is 1130. The Labute approximate surface area is 184 Å². The van der Waals surface area contributed by atoms with Crippen LogP contribution in [0.2, 0.25) is 0 Å². The molecule has 0 atom stereocenters. The van der Waals surface area contributed by atoms with E-state index in [2.05, 4.69) is 41.8 Å². The summed E-state index contributed by atoms with van der Waals surface area (Å²) in [6, 6.07) is 7.13. The topological polar surface area (TPSA) is 131 Å². The van der Waals surface area contributed by atoms with E-state index in [0.717, 1.165) is 0 Å². The molecule has 0 bridgehead atoms. The highest BCUT2D eigenvalue weighted by atomic mass is 79.9. The Morgan fingerprint density at radius 1 is 1.29 bits per heavy atom. The number of aromatic nitrogens is 2. The predicted molar refractivity (Wildman–Crippen MR) is 116 cm³/mol. The van der Waals surface area contributed by atoms with E-state index in [-0.39, 0.29) is 48.5 Å². The predicted octanol–water partition coefficient (Wildman–Crippen LogP) is 2.90. The molecule has 0 aliphatic carbocycles. The molecule has 3 rings (SSSR count). The number of nitrogens with one attached hydrogen (secondary N) is 3. The summed E-state index contributed by atoms with van der Waals surface area (Å²) < 4.78 is 20.3. The van der Waals surface area contributed by atoms with Gasteiger partial charge in [-0.15, -0.1) is 0 Å². The van der Waals surface area contributed by atoms with Crippen molar-refractivity contribution >= 4 is 49.9 Å². The molecule has 1 amide bonds. The van der Waals surface area contributed by atoms with Crippen LogP contribution in [0.5, 0.6) is 5.75 Å². The second-order valence-electron chi connectivity index (χ2n) is 6.29. The minimum atomic E-state index is -0.592. The second-order valence-corrected chi connectivity index (χ2v) is 7.21. The minimum Gasteiger partial charge on any atom is -0.485 e. The van der Waals surface area contributed by atoms with Crippen molar-refractivity contribution in [1.82, 2.24) is 20.6 Å². The van der Waals surface area contributed by atoms with Crippen molar-refractivity contribution in [3.8, 4) is 5.75 Å². The molecule has 3 aromatic rings. The second kappa shape index (κ2) is 10.1. The monoisotopic (exact) mass is 492 g/mol. The third kappa shape index (κ3) is 5.61. The zero-order valence-electron chi connectivity index (χ0n) is 16.3. The number of amides is 1. The van der Waals surface area contributed by atoms with Gasteiger partial charge in [-0.2, -0.15) is 0 Å². The summed E-state index contributed by atoms with van der Waals surface area (Å²) in [5.74, 6) is -0.529. The van der Waals surface area contributed by atoms with Crippen LogP contribution >= 0.6 is 15.9 Å². The van der Waals surface area contributed by atoms with Gasteiger partial charge in [-0.1, -0.05) is 15.9 Å². The zero-order valence-corrected chi connectivity index (χ0v) is 17.9. The molecule has 0 aliphatic heterocycles. The van der Waals surface area contributed by atoms with Crippen molar-refractivity contribution in [2.45, 2.75) is 0 Å². The smallest absolute Gasteiger partial charge is 0.311 e. The van der Waals surface area contributed by atoms with Crippen molar-refractivity contribution < 1.29 is 18.8 Å². The minimum absolute atomic E-state index is 0.000150. The number of halogens is 2. The first-order valence-electron chi connectivity index (χ1n) is 9.08. The van der Waals surface area contributed by atoms with Crippen molar-refractivity contribution in [3.05, 3.63) is 57.1 Å². The third-order valence-corrected chi connectivity index (χ3v) is 4.61. The van der Waals surface area contributed by atoms with Gasteiger partial charge < -0.3 is 20.7 Å². The lowest BCUT2D eigenvalue weighted by molar-refractivity contribution is -0.385. The van der Waals surface area contributed by atoms with Crippen LogP contribution in [0.1, 0.15) is 0 Å². The Morgan fingerprint density at radius 3 is 2.81 bits per heavy atom. The summed E-state index contributed by atoms with van der Waals surface area (Å²) in [6.07, 6.45) is 1.26. The molecule has 3 N–H and O–H groups in total. The van der Waals surface area contributed by atoms with Crippen LogP contribution in [0.15, 0.2) is 41.1 Å². The summed E-state index contributed by atoms with van der Waals surface area (Å²) in [5.41, 5.74) is 0.224. The van der Waals surface area contributed by atoms with E-state index in [1.807, 2.05) is 0 Å². The van der Waals surface area contributed by atoms with Crippen molar-refractivity contribution in [3.63, 3.8) is 0 Å². The van der Waals surface area contributed by atoms with E-state index in [1.54, 1.807) is 13.1 Å². The number of likely N-dealkylation sites (N-methyl/N-ethyl adjacent to an activating group) is 1. The van der Waals surface area contributed by atoms with Crippen molar-refractivity contribution in [2.24, 2.45) is 0 Å². The van der Waals surface area contributed by atoms with Gasteiger partial charge in [0.1, 0.15) is 24.6 Å². The number of carbonyl (C=O) groups excluding carboxylic acids is 1. The zero-order chi connectivity index (χ0) is 22.4. The normalized spacial score (nSPS) is 10.7. The highest BCUT2D eigenvalue weighted by Gasteiger charge is 2.20. The largest absolute Gasteiger partial charge is 0.485 e. The molecule has 12 heteroatoms. The molecular weight excluding hydrogens is 475 g/mol. The molecule has 0 spiro atoms. The molecule has 162 valence electrons. The molecule has 0 saturated carbocycles. The van der Waals surface area contributed by atoms with Crippen LogP contribution < -0.4 is 20.7 Å². The SMILES string of the molecule is CNCC(=O)NCCOc1cc2ncnc(Nc3ccc(Br)cc3F)c2cc1[N+](=O)[O-]. The fourth-order valence-electron chi connectivity index (χ4n) is 2.72. The Balaban J connectivity index is 1.86. The molecule has 0 fully saturated rings. The number of nitro groups is 1. The molecule has 2 aromatic carbocycles. The first-order valence-corrected chi connectivity index (χ1v) is 9.87. The molecule has 1 aromatic heterocycles. The third-order valence-electron chi connectivity index (χ3n) is 4.12. The van der Waals surface area contributed by atoms with Gasteiger partial charge in [0.15, 0.2) is 5.75 Å². The highest BCUT2D eigenvalue weighted by Crippen LogP contribution is 2.35. The number of carbonyl (C=O) groups is 1. The van der Waals surface area contributed by atoms with Crippen LogP contribution in [0, 0.1) is 15.9 Å². The van der Waals surface area contributed by atoms with Gasteiger partial charge in [0.2, 0.25) is 5.91 Å². The van der Waals surface area contributed by atoms with Gasteiger partial charge in [-0.25, -0.2) is 14.4 Å². The van der Waals surface area contributed by atoms with Gasteiger partial charge in [0.25, 0.3) is 0 Å². The first kappa shape index (κ1) is 22.3. The maximum atomic E-state index is 14.2. The van der Waals surface area contributed by atoms with E-state index in [0.29, 0.717) is 15.4 Å². The van der Waals surface area contributed by atoms with E-state index >= 15 is 0 Å². The average molecular weight is 493 g/mol. The van der Waals surface area contributed by atoms with Gasteiger partial charge in [-0.3, -0.25) is 14.9 Å². The molecule has 1 heterocycles. The van der Waals surface area contributed by atoms with Gasteiger partial charge >= 0.3 is 5.69 Å². The number of rotatable bonds is 9. The molecule has 0 saturated heterocycles. The molecule has 31 heavy (non-hydrogen) atoms. The lowest BCUT2D eigenvalue weighted by Crippen LogP contribution is -2.34. The summed E-state index contributed by atoms with van der Waals surface area (Å²) in [6.45, 7) is 0.360. The maximum Gasteiger partial charge on any atom is 0.311 e. The van der Waals surface area contributed by atoms with Crippen LogP contribution in [0.3, 0.4) is 0 Å². The first-order chi connectivity index (χ1) is 14.9. The highest BCUT2D eigenvalue weighted by molar-refractivity contribution is 9.10. The van der Waals surface area contributed by atoms with Crippen LogP contribution in [0.25, 0.3) is 10.9 Å². The summed E-state index contributed by atoms with van der Waals surface area (Å²) in [7, 11) is 1.64. The lowest BCUT2D eigenvalue weighted by atomic mass is 10.2. The van der Waals surface area contributed by atoms with E-state index in [1.165, 1.54) is 30.6 Å². The molecule has 0 radical (unpaired) electrons. The van der Waals surface area contributed by atoms with Crippen molar-refractivity contribution in [2.75, 3.05) is 32.1 Å². The Morgan fingerprint density at radius 2 is 2.10 bits per heavy atom. The van der Waals surface area contributed by atoms with Crippen molar-refractivity contribution in [1.29, 1.82) is 0 Å². The van der Waals surface area contributed by atoms with E-state index in [4.69, 9.17) is 4.74 Å². The summed E-state index contributed by atoms with van der Waals surface area (Å²) in [4.78, 5) is 30.6. The summed E-state index contributed by atoms with van der Waals surface area (Å²) >= 11 is 3.19. The number of fused-ring (bicyclic) bond motifs is 1. The number of hydrogen-bond donors (Lipinski definition) is 3. The molecule has 0 aliphatic rings. The van der Waals surface area contributed by atoms with Crippen LogP contribution in [-0.4, -0.2) is 47.5 Å². The number of hydrogen-bond acceptors (Lipinski definition) is 8. The lowest BCUT2D eigenvalue weighted by Gasteiger charge is -2.12. The van der Waals surface area contributed by atoms with E-state index in [9.17, 15) is 19.3 Å². The Kier molecular flexibility index (Phi) is 7.26. The van der Waals surface area contributed by atoms with Gasteiger partial charge in [-0.05, 0) is 25.2 Å².